The van der Waals surface area contributed by atoms with E-state index in [1.54, 1.807) is 24.0 Å². The fourth-order valence-corrected chi connectivity index (χ4v) is 3.55. The lowest BCUT2D eigenvalue weighted by atomic mass is 10.1. The fraction of sp³-hybridized carbons (Fsp3) is 0.500. The minimum Gasteiger partial charge on any atom is -0.455 e. The van der Waals surface area contributed by atoms with Gasteiger partial charge in [0.05, 0.1) is 5.75 Å². The molecular weight excluding hydrogens is 383 g/mol. The number of piperidine rings is 1. The number of hydrogen-bond donors (Lipinski definition) is 1. The lowest BCUT2D eigenvalue weighted by Gasteiger charge is -2.31. The summed E-state index contributed by atoms with van der Waals surface area (Å²) in [5.41, 5.74) is 0. The van der Waals surface area contributed by atoms with Gasteiger partial charge in [-0.15, -0.1) is 24.8 Å². The molecule has 0 saturated carbocycles. The van der Waals surface area contributed by atoms with Gasteiger partial charge in [0.15, 0.2) is 10.9 Å². The quantitative estimate of drug-likeness (QED) is 0.773. The van der Waals surface area contributed by atoms with Crippen LogP contribution < -0.4 is 5.32 Å². The molecule has 0 aliphatic carbocycles. The molecule has 2 aromatic rings. The minimum absolute atomic E-state index is 0. The minimum atomic E-state index is -0.00667. The zero-order chi connectivity index (χ0) is 16.2. The molecule has 3 heterocycles. The Morgan fingerprint density at radius 2 is 2.08 bits per heavy atom. The monoisotopic (exact) mass is 406 g/mol. The van der Waals surface area contributed by atoms with Crippen molar-refractivity contribution in [2.24, 2.45) is 7.05 Å². The van der Waals surface area contributed by atoms with E-state index in [2.05, 4.69) is 10.3 Å². The van der Waals surface area contributed by atoms with E-state index in [0.29, 0.717) is 17.6 Å². The van der Waals surface area contributed by atoms with E-state index >= 15 is 0 Å². The molecule has 0 radical (unpaired) electrons. The Balaban J connectivity index is 0.00000156. The third kappa shape index (κ3) is 5.41. The average Bonchev–Trinajstić information content (AvgIpc) is 3.21. The largest absolute Gasteiger partial charge is 0.455 e. The molecule has 1 aliphatic heterocycles. The standard InChI is InChI=1S/C16H22N4O2S.2ClH/c1-17-12-5-8-20(9-6-12)15(21)14-4-3-13(22-14)11-23-16-18-7-10-19(16)2;;/h3-4,7,10,12,17H,5-6,8-9,11H2,1-2H3;2*1H. The normalized spacial score (nSPS) is 14.7. The van der Waals surface area contributed by atoms with Gasteiger partial charge in [0.1, 0.15) is 5.76 Å². The number of hydrogen-bond acceptors (Lipinski definition) is 5. The molecule has 9 heteroatoms. The maximum Gasteiger partial charge on any atom is 0.289 e. The molecule has 1 amide bonds. The number of thioether (sulfide) groups is 1. The van der Waals surface area contributed by atoms with Crippen molar-refractivity contribution in [1.82, 2.24) is 19.8 Å². The van der Waals surface area contributed by atoms with E-state index in [1.807, 2.05) is 35.8 Å². The van der Waals surface area contributed by atoms with Crippen molar-refractivity contribution in [1.29, 1.82) is 0 Å². The third-order valence-corrected chi connectivity index (χ3v) is 5.26. The third-order valence-electron chi connectivity index (χ3n) is 4.18. The predicted octanol–water partition coefficient (Wildman–Crippen LogP) is 2.97. The molecule has 0 aromatic carbocycles. The Bertz CT molecular complexity index is 669. The Hall–Kier alpha value is -1.15. The number of likely N-dealkylation sites (tertiary alicyclic amines) is 1. The van der Waals surface area contributed by atoms with E-state index < -0.39 is 0 Å². The summed E-state index contributed by atoms with van der Waals surface area (Å²) in [5.74, 6) is 1.89. The van der Waals surface area contributed by atoms with Gasteiger partial charge in [0.2, 0.25) is 0 Å². The molecule has 6 nitrogen and oxygen atoms in total. The highest BCUT2D eigenvalue weighted by Gasteiger charge is 2.24. The van der Waals surface area contributed by atoms with Crippen LogP contribution in [0.3, 0.4) is 0 Å². The first-order chi connectivity index (χ1) is 11.2. The number of imidazole rings is 1. The molecule has 25 heavy (non-hydrogen) atoms. The number of halogens is 2. The molecule has 1 N–H and O–H groups in total. The number of furan rings is 1. The SMILES string of the molecule is CNC1CCN(C(=O)c2ccc(CSc3nccn3C)o2)CC1.Cl.Cl. The van der Waals surface area contributed by atoms with E-state index in [9.17, 15) is 4.79 Å². The van der Waals surface area contributed by atoms with Gasteiger partial charge in [-0.25, -0.2) is 4.98 Å². The van der Waals surface area contributed by atoms with E-state index in [-0.39, 0.29) is 30.7 Å². The predicted molar refractivity (Wildman–Crippen MR) is 104 cm³/mol. The van der Waals surface area contributed by atoms with Gasteiger partial charge in [-0.1, -0.05) is 11.8 Å². The van der Waals surface area contributed by atoms with Gasteiger partial charge < -0.3 is 19.2 Å². The van der Waals surface area contributed by atoms with Crippen LogP contribution in [0.4, 0.5) is 0 Å². The second-order valence-electron chi connectivity index (χ2n) is 5.73. The zero-order valence-corrected chi connectivity index (χ0v) is 16.8. The van der Waals surface area contributed by atoms with E-state index in [4.69, 9.17) is 4.42 Å². The van der Waals surface area contributed by atoms with Crippen LogP contribution in [0.15, 0.2) is 34.1 Å². The Labute approximate surface area is 164 Å². The highest BCUT2D eigenvalue weighted by Crippen LogP contribution is 2.23. The molecule has 2 aromatic heterocycles. The summed E-state index contributed by atoms with van der Waals surface area (Å²) in [4.78, 5) is 18.6. The van der Waals surface area contributed by atoms with E-state index in [1.165, 1.54) is 0 Å². The van der Waals surface area contributed by atoms with Crippen molar-refractivity contribution in [2.45, 2.75) is 29.8 Å². The molecular formula is C16H24Cl2N4O2S. The number of nitrogens with zero attached hydrogens (tertiary/aromatic N) is 3. The van der Waals surface area contributed by atoms with Crippen LogP contribution in [0.25, 0.3) is 0 Å². The maximum absolute atomic E-state index is 12.5. The summed E-state index contributed by atoms with van der Waals surface area (Å²) in [6.07, 6.45) is 5.66. The Morgan fingerprint density at radius 3 is 2.68 bits per heavy atom. The molecule has 1 fully saturated rings. The molecule has 1 aliphatic rings. The van der Waals surface area contributed by atoms with Crippen molar-refractivity contribution in [3.63, 3.8) is 0 Å². The van der Waals surface area contributed by atoms with Crippen molar-refractivity contribution >= 4 is 42.5 Å². The molecule has 3 rings (SSSR count). The van der Waals surface area contributed by atoms with E-state index in [0.717, 1.165) is 36.8 Å². The van der Waals surface area contributed by atoms with Crippen molar-refractivity contribution in [3.05, 3.63) is 36.0 Å². The zero-order valence-electron chi connectivity index (χ0n) is 14.3. The van der Waals surface area contributed by atoms with Gasteiger partial charge in [-0.3, -0.25) is 4.79 Å². The van der Waals surface area contributed by atoms with Gasteiger partial charge in [0.25, 0.3) is 5.91 Å². The summed E-state index contributed by atoms with van der Waals surface area (Å²) in [6, 6.07) is 4.17. The van der Waals surface area contributed by atoms with Crippen LogP contribution in [-0.4, -0.2) is 46.5 Å². The topological polar surface area (TPSA) is 63.3 Å². The van der Waals surface area contributed by atoms with Gasteiger partial charge in [-0.2, -0.15) is 0 Å². The highest BCUT2D eigenvalue weighted by atomic mass is 35.5. The molecule has 0 unspecified atom stereocenters. The number of aromatic nitrogens is 2. The number of carbonyl (C=O) groups is 1. The molecule has 0 atom stereocenters. The first-order valence-electron chi connectivity index (χ1n) is 7.82. The van der Waals surface area contributed by atoms with Crippen LogP contribution in [0.2, 0.25) is 0 Å². The number of nitrogens with one attached hydrogen (secondary N) is 1. The second kappa shape index (κ2) is 10.1. The number of rotatable bonds is 5. The summed E-state index contributed by atoms with van der Waals surface area (Å²) in [7, 11) is 3.93. The molecule has 0 bridgehead atoms. The molecule has 140 valence electrons. The first kappa shape index (κ1) is 21.9. The Kier molecular flexibility index (Phi) is 8.85. The number of aryl methyl sites for hydroxylation is 1. The van der Waals surface area contributed by atoms with Crippen LogP contribution in [0, 0.1) is 0 Å². The first-order valence-corrected chi connectivity index (χ1v) is 8.81. The fourth-order valence-electron chi connectivity index (χ4n) is 2.72. The van der Waals surface area contributed by atoms with Crippen molar-refractivity contribution in [2.75, 3.05) is 20.1 Å². The van der Waals surface area contributed by atoms with Gasteiger partial charge >= 0.3 is 0 Å². The van der Waals surface area contributed by atoms with Crippen LogP contribution in [-0.2, 0) is 12.8 Å². The summed E-state index contributed by atoms with van der Waals surface area (Å²) >= 11 is 1.60. The van der Waals surface area contributed by atoms with Crippen LogP contribution in [0.5, 0.6) is 0 Å². The summed E-state index contributed by atoms with van der Waals surface area (Å²) < 4.78 is 7.69. The van der Waals surface area contributed by atoms with Gasteiger partial charge in [0, 0.05) is 38.6 Å². The smallest absolute Gasteiger partial charge is 0.289 e. The summed E-state index contributed by atoms with van der Waals surface area (Å²) in [6.45, 7) is 1.56. The number of carbonyl (C=O) groups excluding carboxylic acids is 1. The maximum atomic E-state index is 12.5. The van der Waals surface area contributed by atoms with Crippen LogP contribution >= 0.6 is 36.6 Å². The average molecular weight is 407 g/mol. The molecule has 0 spiro atoms. The lowest BCUT2D eigenvalue weighted by molar-refractivity contribution is 0.0673. The highest BCUT2D eigenvalue weighted by molar-refractivity contribution is 7.98. The second-order valence-corrected chi connectivity index (χ2v) is 6.67. The van der Waals surface area contributed by atoms with Crippen molar-refractivity contribution in [3.8, 4) is 0 Å². The van der Waals surface area contributed by atoms with Gasteiger partial charge in [-0.05, 0) is 32.0 Å². The van der Waals surface area contributed by atoms with Crippen LogP contribution in [0.1, 0.15) is 29.2 Å². The molecule has 1 saturated heterocycles. The number of amides is 1. The lowest BCUT2D eigenvalue weighted by Crippen LogP contribution is -2.43. The Morgan fingerprint density at radius 1 is 1.36 bits per heavy atom. The van der Waals surface area contributed by atoms with Crippen molar-refractivity contribution < 1.29 is 9.21 Å². The summed E-state index contributed by atoms with van der Waals surface area (Å²) in [5, 5.41) is 4.20.